The fourth-order valence-corrected chi connectivity index (χ4v) is 5.81. The van der Waals surface area contributed by atoms with Gasteiger partial charge in [-0.3, -0.25) is 4.90 Å². The summed E-state index contributed by atoms with van der Waals surface area (Å²) >= 11 is 0. The molecular formula is C30H31BrF4N2O3. The number of methoxy groups -OCH3 is 1. The molecule has 0 aliphatic carbocycles. The summed E-state index contributed by atoms with van der Waals surface area (Å²) in [4.78, 5) is 14.6. The average Bonchev–Trinajstić information content (AvgIpc) is 2.94. The standard InChI is InChI=1S/C30H31F4N2O3.BrH/c1-38-25-7-5-20(6-8-25)9-12-36-13-10-22(11-14-36)28(19-36)39-30(37)35(24-4-2-3-23(31)17-24)18-21-15-26(32)29(34)27(33)16-21;/h2-8,15-17,22,28H,9-14,18-19H2,1H3;1H/q+1;/p-1/t22?,28-,36?;/m0./s1. The van der Waals surface area contributed by atoms with E-state index in [4.69, 9.17) is 9.47 Å². The van der Waals surface area contributed by atoms with Gasteiger partial charge in [-0.1, -0.05) is 18.2 Å². The van der Waals surface area contributed by atoms with Gasteiger partial charge in [-0.05, 0) is 53.6 Å². The minimum absolute atomic E-state index is 0. The SMILES string of the molecule is COc1ccc(CC[N+]23CCC(CC2)[C@@H](OC(=O)N(Cc2cc(F)c(F)c(F)c2)c2cccc(F)c2)C3)cc1.[Br-]. The second-order valence-corrected chi connectivity index (χ2v) is 10.5. The number of nitrogens with zero attached hydrogens (tertiary/aromatic N) is 2. The molecular weight excluding hydrogens is 592 g/mol. The van der Waals surface area contributed by atoms with Crippen LogP contribution in [-0.4, -0.2) is 50.0 Å². The van der Waals surface area contributed by atoms with Gasteiger partial charge in [0, 0.05) is 25.2 Å². The number of carbonyl (C=O) groups excluding carboxylic acids is 1. The first-order valence-electron chi connectivity index (χ1n) is 13.1. The van der Waals surface area contributed by atoms with Crippen LogP contribution in [0.1, 0.15) is 24.0 Å². The summed E-state index contributed by atoms with van der Waals surface area (Å²) in [6.07, 6.45) is 1.66. The van der Waals surface area contributed by atoms with Crippen LogP contribution in [0.25, 0.3) is 0 Å². The van der Waals surface area contributed by atoms with Crippen molar-refractivity contribution in [2.75, 3.05) is 38.2 Å². The van der Waals surface area contributed by atoms with Crippen molar-refractivity contribution in [3.05, 3.63) is 95.1 Å². The van der Waals surface area contributed by atoms with Crippen molar-refractivity contribution in [3.8, 4) is 5.75 Å². The Labute approximate surface area is 241 Å². The molecule has 1 amide bonds. The van der Waals surface area contributed by atoms with Crippen molar-refractivity contribution < 1.29 is 53.3 Å². The molecule has 3 aliphatic heterocycles. The Hall–Kier alpha value is -3.11. The molecule has 0 saturated carbocycles. The third-order valence-corrected chi connectivity index (χ3v) is 8.05. The average molecular weight is 623 g/mol. The number of amides is 1. The Morgan fingerprint density at radius 2 is 1.62 bits per heavy atom. The van der Waals surface area contributed by atoms with Crippen LogP contribution in [0.4, 0.5) is 28.0 Å². The number of rotatable bonds is 8. The molecule has 3 saturated heterocycles. The highest BCUT2D eigenvalue weighted by molar-refractivity contribution is 5.87. The topological polar surface area (TPSA) is 38.8 Å². The molecule has 5 nitrogen and oxygen atoms in total. The van der Waals surface area contributed by atoms with Crippen molar-refractivity contribution in [1.29, 1.82) is 0 Å². The van der Waals surface area contributed by atoms with E-state index in [1.54, 1.807) is 7.11 Å². The number of ether oxygens (including phenoxy) is 2. The van der Waals surface area contributed by atoms with Gasteiger partial charge >= 0.3 is 6.09 Å². The van der Waals surface area contributed by atoms with Crippen molar-refractivity contribution in [3.63, 3.8) is 0 Å². The van der Waals surface area contributed by atoms with Crippen LogP contribution in [0.5, 0.6) is 5.75 Å². The Bertz CT molecular complexity index is 1310. The van der Waals surface area contributed by atoms with Gasteiger partial charge < -0.3 is 30.9 Å². The molecule has 2 bridgehead atoms. The van der Waals surface area contributed by atoms with Crippen LogP contribution in [0.3, 0.4) is 0 Å². The highest BCUT2D eigenvalue weighted by Crippen LogP contribution is 2.36. The maximum atomic E-state index is 14.1. The third-order valence-electron chi connectivity index (χ3n) is 8.05. The quantitative estimate of drug-likeness (QED) is 0.220. The second kappa shape index (κ2) is 12.6. The molecule has 0 N–H and O–H groups in total. The summed E-state index contributed by atoms with van der Waals surface area (Å²) in [5, 5.41) is 0. The Kier molecular flexibility index (Phi) is 9.41. The first kappa shape index (κ1) is 29.9. The van der Waals surface area contributed by atoms with Crippen LogP contribution in [0.15, 0.2) is 60.7 Å². The first-order chi connectivity index (χ1) is 18.7. The van der Waals surface area contributed by atoms with E-state index in [0.717, 1.165) is 72.2 Å². The van der Waals surface area contributed by atoms with Crippen LogP contribution in [0, 0.1) is 29.2 Å². The number of hydrogen-bond donors (Lipinski definition) is 0. The van der Waals surface area contributed by atoms with Crippen LogP contribution < -0.4 is 26.6 Å². The van der Waals surface area contributed by atoms with E-state index in [0.29, 0.717) is 6.54 Å². The minimum atomic E-state index is -1.59. The van der Waals surface area contributed by atoms with E-state index in [1.807, 2.05) is 12.1 Å². The normalized spacial score (nSPS) is 21.4. The zero-order chi connectivity index (χ0) is 27.6. The summed E-state index contributed by atoms with van der Waals surface area (Å²) in [7, 11) is 1.64. The predicted octanol–water partition coefficient (Wildman–Crippen LogP) is 3.25. The monoisotopic (exact) mass is 622 g/mol. The Morgan fingerprint density at radius 3 is 2.25 bits per heavy atom. The lowest BCUT2D eigenvalue weighted by molar-refractivity contribution is -0.945. The predicted molar refractivity (Wildman–Crippen MR) is 138 cm³/mol. The maximum absolute atomic E-state index is 14.1. The van der Waals surface area contributed by atoms with E-state index in [-0.39, 0.29) is 46.8 Å². The number of piperidine rings is 3. The zero-order valence-electron chi connectivity index (χ0n) is 22.1. The molecule has 3 heterocycles. The van der Waals surface area contributed by atoms with E-state index in [2.05, 4.69) is 12.1 Å². The summed E-state index contributed by atoms with van der Waals surface area (Å²) in [6, 6.07) is 15.0. The Balaban J connectivity index is 0.00000370. The largest absolute Gasteiger partial charge is 1.00 e. The van der Waals surface area contributed by atoms with E-state index < -0.39 is 29.4 Å². The number of anilines is 1. The van der Waals surface area contributed by atoms with Gasteiger partial charge in [0.2, 0.25) is 0 Å². The number of fused-ring (bicyclic) bond motifs is 3. The molecule has 3 aromatic rings. The lowest BCUT2D eigenvalue weighted by Crippen LogP contribution is -3.00. The van der Waals surface area contributed by atoms with Gasteiger partial charge in [0.1, 0.15) is 18.1 Å². The zero-order valence-corrected chi connectivity index (χ0v) is 23.7. The van der Waals surface area contributed by atoms with Crippen molar-refractivity contribution in [1.82, 2.24) is 0 Å². The molecule has 214 valence electrons. The van der Waals surface area contributed by atoms with E-state index in [1.165, 1.54) is 23.8 Å². The number of quaternary nitrogens is 1. The smallest absolute Gasteiger partial charge is 0.415 e. The van der Waals surface area contributed by atoms with Crippen LogP contribution in [0.2, 0.25) is 0 Å². The fraction of sp³-hybridized carbons (Fsp3) is 0.367. The van der Waals surface area contributed by atoms with Crippen molar-refractivity contribution in [2.45, 2.75) is 31.9 Å². The van der Waals surface area contributed by atoms with Gasteiger partial charge in [0.05, 0.1) is 39.0 Å². The fourth-order valence-electron chi connectivity index (χ4n) is 5.81. The van der Waals surface area contributed by atoms with Gasteiger partial charge in [-0.25, -0.2) is 22.4 Å². The first-order valence-corrected chi connectivity index (χ1v) is 13.1. The summed E-state index contributed by atoms with van der Waals surface area (Å²) < 4.78 is 67.4. The molecule has 0 unspecified atom stereocenters. The molecule has 3 aromatic carbocycles. The molecule has 6 rings (SSSR count). The molecule has 0 spiro atoms. The lowest BCUT2D eigenvalue weighted by Gasteiger charge is -2.52. The minimum Gasteiger partial charge on any atom is -1.00 e. The van der Waals surface area contributed by atoms with Crippen LogP contribution in [-0.2, 0) is 17.7 Å². The molecule has 1 atom stereocenters. The second-order valence-electron chi connectivity index (χ2n) is 10.5. The maximum Gasteiger partial charge on any atom is 0.415 e. The van der Waals surface area contributed by atoms with Gasteiger partial charge in [-0.2, -0.15) is 0 Å². The number of halogens is 5. The van der Waals surface area contributed by atoms with Crippen LogP contribution >= 0.6 is 0 Å². The Morgan fingerprint density at radius 1 is 0.950 bits per heavy atom. The highest BCUT2D eigenvalue weighted by atomic mass is 79.9. The molecule has 40 heavy (non-hydrogen) atoms. The number of benzene rings is 3. The van der Waals surface area contributed by atoms with Gasteiger partial charge in [-0.15, -0.1) is 0 Å². The van der Waals surface area contributed by atoms with Crippen molar-refractivity contribution in [2.24, 2.45) is 5.92 Å². The number of carbonyl (C=O) groups is 1. The molecule has 0 aromatic heterocycles. The molecule has 0 radical (unpaired) electrons. The van der Waals surface area contributed by atoms with E-state index >= 15 is 0 Å². The van der Waals surface area contributed by atoms with Gasteiger partial charge in [0.25, 0.3) is 0 Å². The van der Waals surface area contributed by atoms with Gasteiger partial charge in [0.15, 0.2) is 23.6 Å². The molecule has 3 fully saturated rings. The summed E-state index contributed by atoms with van der Waals surface area (Å²) in [5.74, 6) is -3.87. The van der Waals surface area contributed by atoms with Crippen molar-refractivity contribution >= 4 is 11.8 Å². The number of hydrogen-bond acceptors (Lipinski definition) is 3. The third kappa shape index (κ3) is 6.61. The van der Waals surface area contributed by atoms with E-state index in [9.17, 15) is 22.4 Å². The molecule has 10 heteroatoms. The summed E-state index contributed by atoms with van der Waals surface area (Å²) in [5.41, 5.74) is 1.40. The molecule has 3 aliphatic rings. The highest BCUT2D eigenvalue weighted by Gasteiger charge is 2.47. The summed E-state index contributed by atoms with van der Waals surface area (Å²) in [6.45, 7) is 3.29. The lowest BCUT2D eigenvalue weighted by atomic mass is 9.83.